The van der Waals surface area contributed by atoms with Crippen LogP contribution in [-0.2, 0) is 11.3 Å². The van der Waals surface area contributed by atoms with Crippen molar-refractivity contribution < 1.29 is 4.74 Å². The van der Waals surface area contributed by atoms with Crippen molar-refractivity contribution in [2.45, 2.75) is 6.54 Å². The van der Waals surface area contributed by atoms with Gasteiger partial charge in [-0.2, -0.15) is 0 Å². The van der Waals surface area contributed by atoms with Crippen molar-refractivity contribution in [3.8, 4) is 31.6 Å². The Morgan fingerprint density at radius 1 is 0.861 bits per heavy atom. The Balaban J connectivity index is 1.23. The summed E-state index contributed by atoms with van der Waals surface area (Å²) in [5.41, 5.74) is 4.44. The van der Waals surface area contributed by atoms with Gasteiger partial charge in [-0.05, 0) is 41.1 Å². The molecule has 5 aromatic heterocycles. The van der Waals surface area contributed by atoms with Gasteiger partial charge < -0.3 is 4.74 Å². The number of hydrogen-bond acceptors (Lipinski definition) is 9. The molecule has 0 N–H and O–H groups in total. The Labute approximate surface area is 222 Å². The third-order valence-corrected chi connectivity index (χ3v) is 9.31. The minimum atomic E-state index is 0.686. The van der Waals surface area contributed by atoms with Gasteiger partial charge in [0.25, 0.3) is 0 Å². The molecule has 36 heavy (non-hydrogen) atoms. The summed E-state index contributed by atoms with van der Waals surface area (Å²) in [6.07, 6.45) is 1.93. The minimum absolute atomic E-state index is 0.686. The molecule has 0 unspecified atom stereocenters. The Morgan fingerprint density at radius 3 is 2.28 bits per heavy atom. The maximum absolute atomic E-state index is 5.22. The molecule has 6 rings (SSSR count). The number of nitrogens with zero attached hydrogens (tertiary/aromatic N) is 5. The molecule has 1 aliphatic rings. The lowest BCUT2D eigenvalue weighted by Gasteiger charge is -2.34. The monoisotopic (exact) mass is 533 g/mol. The molecule has 6 nitrogen and oxygen atoms in total. The van der Waals surface area contributed by atoms with Gasteiger partial charge >= 0.3 is 0 Å². The largest absolute Gasteiger partial charge is 0.383 e. The quantitative estimate of drug-likeness (QED) is 0.245. The number of ether oxygens (including phenoxy) is 1. The fourth-order valence-corrected chi connectivity index (χ4v) is 6.94. The first-order chi connectivity index (χ1) is 17.8. The maximum Gasteiger partial charge on any atom is 0.178 e. The zero-order chi connectivity index (χ0) is 24.3. The third-order valence-electron chi connectivity index (χ3n) is 6.43. The number of thiophene rings is 3. The van der Waals surface area contributed by atoms with Crippen LogP contribution in [0.4, 0.5) is 0 Å². The van der Waals surface area contributed by atoms with Crippen LogP contribution in [0.15, 0.2) is 59.4 Å². The van der Waals surface area contributed by atoms with Crippen LogP contribution in [0.5, 0.6) is 0 Å². The first kappa shape index (κ1) is 23.8. The van der Waals surface area contributed by atoms with Crippen LogP contribution in [0.2, 0.25) is 0 Å². The van der Waals surface area contributed by atoms with Gasteiger partial charge in [-0.25, -0.2) is 15.0 Å². The van der Waals surface area contributed by atoms with Gasteiger partial charge in [0.05, 0.1) is 16.4 Å². The standard InChI is InChI=1S/C27H27N5OS3/c1-33-13-12-31-8-10-32(11-9-31)18-20-6-7-22(36-20)19-16-21-27(28-17-19)30-26(24-5-3-15-35-24)25(29-21)23-4-2-14-34-23/h2-7,14-17H,8-13,18H2,1H3. The highest BCUT2D eigenvalue weighted by molar-refractivity contribution is 7.15. The molecule has 6 heterocycles. The van der Waals surface area contributed by atoms with Crippen LogP contribution in [0, 0.1) is 0 Å². The van der Waals surface area contributed by atoms with Crippen molar-refractivity contribution in [1.29, 1.82) is 0 Å². The van der Waals surface area contributed by atoms with Crippen molar-refractivity contribution in [3.05, 3.63) is 64.3 Å². The zero-order valence-corrected chi connectivity index (χ0v) is 22.5. The maximum atomic E-state index is 5.22. The average molecular weight is 534 g/mol. The second kappa shape index (κ2) is 10.8. The van der Waals surface area contributed by atoms with E-state index >= 15 is 0 Å². The summed E-state index contributed by atoms with van der Waals surface area (Å²) in [6.45, 7) is 7.24. The molecule has 0 atom stereocenters. The van der Waals surface area contributed by atoms with Crippen LogP contribution < -0.4 is 0 Å². The molecular weight excluding hydrogens is 507 g/mol. The molecule has 9 heteroatoms. The third kappa shape index (κ3) is 5.13. The Kier molecular flexibility index (Phi) is 7.18. The average Bonchev–Trinajstić information content (AvgIpc) is 3.70. The molecule has 0 aromatic carbocycles. The van der Waals surface area contributed by atoms with Gasteiger partial charge in [0.2, 0.25) is 0 Å². The molecule has 0 radical (unpaired) electrons. The number of hydrogen-bond donors (Lipinski definition) is 0. The van der Waals surface area contributed by atoms with Crippen LogP contribution in [0.25, 0.3) is 42.7 Å². The second-order valence-corrected chi connectivity index (χ2v) is 11.9. The fraction of sp³-hybridized carbons (Fsp3) is 0.296. The summed E-state index contributed by atoms with van der Waals surface area (Å²) in [6, 6.07) is 14.9. The van der Waals surface area contributed by atoms with E-state index in [1.807, 2.05) is 17.5 Å². The van der Waals surface area contributed by atoms with Crippen molar-refractivity contribution in [3.63, 3.8) is 0 Å². The van der Waals surface area contributed by atoms with Crippen LogP contribution >= 0.6 is 34.0 Å². The smallest absolute Gasteiger partial charge is 0.178 e. The fourth-order valence-electron chi connectivity index (χ4n) is 4.48. The van der Waals surface area contributed by atoms with E-state index in [0.29, 0.717) is 5.65 Å². The van der Waals surface area contributed by atoms with Gasteiger partial charge in [0.15, 0.2) is 5.65 Å². The summed E-state index contributed by atoms with van der Waals surface area (Å²) in [4.78, 5) is 24.6. The van der Waals surface area contributed by atoms with Crippen LogP contribution in [0.1, 0.15) is 4.88 Å². The summed E-state index contributed by atoms with van der Waals surface area (Å²) in [7, 11) is 1.77. The van der Waals surface area contributed by atoms with E-state index in [-0.39, 0.29) is 0 Å². The van der Waals surface area contributed by atoms with Crippen molar-refractivity contribution in [2.75, 3.05) is 46.4 Å². The van der Waals surface area contributed by atoms with E-state index in [1.165, 1.54) is 9.75 Å². The molecule has 184 valence electrons. The lowest BCUT2D eigenvalue weighted by atomic mass is 10.2. The Morgan fingerprint density at radius 2 is 1.58 bits per heavy atom. The zero-order valence-electron chi connectivity index (χ0n) is 20.1. The van der Waals surface area contributed by atoms with E-state index in [1.54, 1.807) is 29.8 Å². The normalized spacial score (nSPS) is 15.1. The molecule has 0 spiro atoms. The molecule has 1 fully saturated rings. The van der Waals surface area contributed by atoms with Crippen LogP contribution in [0.3, 0.4) is 0 Å². The number of piperazine rings is 1. The molecule has 0 saturated carbocycles. The van der Waals surface area contributed by atoms with Crippen molar-refractivity contribution >= 4 is 45.2 Å². The van der Waals surface area contributed by atoms with Gasteiger partial charge in [-0.1, -0.05) is 12.1 Å². The van der Waals surface area contributed by atoms with E-state index in [2.05, 4.69) is 63.0 Å². The first-order valence-electron chi connectivity index (χ1n) is 12.0. The summed E-state index contributed by atoms with van der Waals surface area (Å²) in [5, 5.41) is 4.16. The summed E-state index contributed by atoms with van der Waals surface area (Å²) in [5.74, 6) is 0. The van der Waals surface area contributed by atoms with E-state index in [4.69, 9.17) is 19.7 Å². The number of aromatic nitrogens is 3. The molecule has 5 aromatic rings. The first-order valence-corrected chi connectivity index (χ1v) is 14.6. The number of methoxy groups -OCH3 is 1. The van der Waals surface area contributed by atoms with E-state index in [0.717, 1.165) is 78.1 Å². The molecule has 1 saturated heterocycles. The summed E-state index contributed by atoms with van der Waals surface area (Å²) >= 11 is 5.22. The predicted octanol–water partition coefficient (Wildman–Crippen LogP) is 5.97. The van der Waals surface area contributed by atoms with Crippen molar-refractivity contribution in [2.24, 2.45) is 0 Å². The predicted molar refractivity (Wildman–Crippen MR) is 151 cm³/mol. The van der Waals surface area contributed by atoms with E-state index in [9.17, 15) is 0 Å². The second-order valence-electron chi connectivity index (χ2n) is 8.82. The molecule has 0 aliphatic carbocycles. The lowest BCUT2D eigenvalue weighted by Crippen LogP contribution is -2.46. The molecule has 0 bridgehead atoms. The Bertz CT molecular complexity index is 1420. The topological polar surface area (TPSA) is 54.4 Å². The van der Waals surface area contributed by atoms with Gasteiger partial charge in [-0.3, -0.25) is 9.80 Å². The minimum Gasteiger partial charge on any atom is -0.383 e. The number of pyridine rings is 1. The van der Waals surface area contributed by atoms with E-state index < -0.39 is 0 Å². The number of fused-ring (bicyclic) bond motifs is 1. The lowest BCUT2D eigenvalue weighted by molar-refractivity contribution is 0.0943. The molecule has 0 amide bonds. The highest BCUT2D eigenvalue weighted by Gasteiger charge is 2.19. The highest BCUT2D eigenvalue weighted by Crippen LogP contribution is 2.36. The SMILES string of the molecule is COCCN1CCN(Cc2ccc(-c3cnc4nc(-c5cccs5)c(-c5cccs5)nc4c3)s2)CC1. The Hall–Kier alpha value is -2.53. The van der Waals surface area contributed by atoms with Gasteiger partial charge in [0, 0.05) is 67.9 Å². The molecule has 1 aliphatic heterocycles. The summed E-state index contributed by atoms with van der Waals surface area (Å²) < 4.78 is 5.22. The van der Waals surface area contributed by atoms with Crippen LogP contribution in [-0.4, -0.2) is 71.2 Å². The van der Waals surface area contributed by atoms with Gasteiger partial charge in [-0.15, -0.1) is 34.0 Å². The molecular formula is C27H27N5OS3. The number of rotatable bonds is 8. The van der Waals surface area contributed by atoms with Gasteiger partial charge in [0.1, 0.15) is 16.9 Å². The highest BCUT2D eigenvalue weighted by atomic mass is 32.1. The van der Waals surface area contributed by atoms with Crippen molar-refractivity contribution in [1.82, 2.24) is 24.8 Å².